The summed E-state index contributed by atoms with van der Waals surface area (Å²) in [6, 6.07) is 8.39. The zero-order valence-electron chi connectivity index (χ0n) is 14.0. The van der Waals surface area contributed by atoms with Gasteiger partial charge < -0.3 is 10.2 Å². The molecule has 1 aromatic carbocycles. The highest BCUT2D eigenvalue weighted by Crippen LogP contribution is 2.24. The van der Waals surface area contributed by atoms with Crippen molar-refractivity contribution < 1.29 is 4.79 Å². The van der Waals surface area contributed by atoms with E-state index in [9.17, 15) is 4.79 Å². The summed E-state index contributed by atoms with van der Waals surface area (Å²) >= 11 is 0. The van der Waals surface area contributed by atoms with E-state index in [0.717, 1.165) is 26.1 Å². The fourth-order valence-electron chi connectivity index (χ4n) is 3.39. The van der Waals surface area contributed by atoms with E-state index in [2.05, 4.69) is 48.3 Å². The van der Waals surface area contributed by atoms with Gasteiger partial charge in [0.1, 0.15) is 0 Å². The fourth-order valence-corrected chi connectivity index (χ4v) is 3.39. The van der Waals surface area contributed by atoms with Crippen molar-refractivity contribution >= 4 is 18.3 Å². The first-order valence-corrected chi connectivity index (χ1v) is 8.09. The van der Waals surface area contributed by atoms with Crippen molar-refractivity contribution in [3.63, 3.8) is 0 Å². The topological polar surface area (TPSA) is 32.3 Å². The monoisotopic (exact) mass is 324 g/mol. The van der Waals surface area contributed by atoms with Crippen LogP contribution in [-0.4, -0.2) is 37.5 Å². The molecule has 0 aromatic heterocycles. The van der Waals surface area contributed by atoms with E-state index in [1.807, 2.05) is 7.05 Å². The molecule has 2 atom stereocenters. The molecular weight excluding hydrogens is 296 g/mol. The van der Waals surface area contributed by atoms with Crippen molar-refractivity contribution in [1.29, 1.82) is 0 Å². The number of hydrogen-bond donors (Lipinski definition) is 1. The number of amides is 1. The molecule has 4 heteroatoms. The maximum absolute atomic E-state index is 12.5. The van der Waals surface area contributed by atoms with Crippen molar-refractivity contribution in [2.24, 2.45) is 5.92 Å². The van der Waals surface area contributed by atoms with Crippen LogP contribution in [0.15, 0.2) is 24.3 Å². The van der Waals surface area contributed by atoms with Crippen molar-refractivity contribution in [3.05, 3.63) is 35.4 Å². The summed E-state index contributed by atoms with van der Waals surface area (Å²) in [5.41, 5.74) is 2.58. The van der Waals surface area contributed by atoms with Gasteiger partial charge in [-0.15, -0.1) is 12.4 Å². The molecule has 22 heavy (non-hydrogen) atoms. The van der Waals surface area contributed by atoms with Crippen LogP contribution >= 0.6 is 12.4 Å². The van der Waals surface area contributed by atoms with Gasteiger partial charge >= 0.3 is 0 Å². The molecule has 0 spiro atoms. The lowest BCUT2D eigenvalue weighted by molar-refractivity contribution is -0.133. The van der Waals surface area contributed by atoms with Crippen LogP contribution in [0.2, 0.25) is 0 Å². The molecule has 1 saturated heterocycles. The van der Waals surface area contributed by atoms with Gasteiger partial charge in [0.25, 0.3) is 0 Å². The average Bonchev–Trinajstić information content (AvgIpc) is 2.48. The molecule has 1 aliphatic rings. The first-order chi connectivity index (χ1) is 10.1. The number of hydrogen-bond acceptors (Lipinski definition) is 2. The summed E-state index contributed by atoms with van der Waals surface area (Å²) < 4.78 is 0. The number of piperidine rings is 1. The Morgan fingerprint density at radius 3 is 2.82 bits per heavy atom. The maximum atomic E-state index is 12.5. The van der Waals surface area contributed by atoms with Crippen LogP contribution in [0.5, 0.6) is 0 Å². The molecule has 1 aromatic rings. The number of halogens is 1. The van der Waals surface area contributed by atoms with Gasteiger partial charge in [-0.05, 0) is 56.3 Å². The van der Waals surface area contributed by atoms with Gasteiger partial charge in [0.15, 0.2) is 0 Å². The zero-order chi connectivity index (χ0) is 15.2. The van der Waals surface area contributed by atoms with Crippen molar-refractivity contribution in [2.75, 3.05) is 26.7 Å². The van der Waals surface area contributed by atoms with Crippen LogP contribution in [0, 0.1) is 12.8 Å². The highest BCUT2D eigenvalue weighted by atomic mass is 35.5. The molecule has 0 radical (unpaired) electrons. The van der Waals surface area contributed by atoms with Crippen molar-refractivity contribution in [2.45, 2.75) is 39.0 Å². The van der Waals surface area contributed by atoms with Crippen LogP contribution in [0.1, 0.15) is 43.2 Å². The number of rotatable bonds is 5. The summed E-state index contributed by atoms with van der Waals surface area (Å²) in [4.78, 5) is 14.6. The van der Waals surface area contributed by atoms with E-state index in [0.29, 0.717) is 24.2 Å². The molecular formula is C18H29ClN2O. The molecule has 0 bridgehead atoms. The lowest BCUT2D eigenvalue weighted by Crippen LogP contribution is -2.42. The first-order valence-electron chi connectivity index (χ1n) is 8.09. The Bertz CT molecular complexity index is 476. The smallest absolute Gasteiger partial charge is 0.223 e. The molecule has 124 valence electrons. The Hall–Kier alpha value is -1.06. The fraction of sp³-hybridized carbons (Fsp3) is 0.611. The Kier molecular flexibility index (Phi) is 7.91. The normalized spacial score (nSPS) is 19.4. The van der Waals surface area contributed by atoms with Crippen molar-refractivity contribution in [1.82, 2.24) is 10.2 Å². The van der Waals surface area contributed by atoms with Gasteiger partial charge in [0.05, 0.1) is 0 Å². The number of carbonyl (C=O) groups excluding carboxylic acids is 1. The molecule has 3 nitrogen and oxygen atoms in total. The second-order valence-electron chi connectivity index (χ2n) is 6.37. The van der Waals surface area contributed by atoms with Gasteiger partial charge in [-0.3, -0.25) is 4.79 Å². The zero-order valence-corrected chi connectivity index (χ0v) is 14.8. The summed E-state index contributed by atoms with van der Waals surface area (Å²) in [6.45, 7) is 7.15. The molecule has 2 unspecified atom stereocenters. The maximum Gasteiger partial charge on any atom is 0.223 e. The highest BCUT2D eigenvalue weighted by molar-refractivity contribution is 5.85. The van der Waals surface area contributed by atoms with Gasteiger partial charge in [0.2, 0.25) is 5.91 Å². The predicted octanol–water partition coefficient (Wildman–Crippen LogP) is 3.37. The molecule has 2 rings (SSSR count). The van der Waals surface area contributed by atoms with E-state index in [1.165, 1.54) is 17.5 Å². The summed E-state index contributed by atoms with van der Waals surface area (Å²) in [7, 11) is 1.99. The third-order valence-corrected chi connectivity index (χ3v) is 4.56. The van der Waals surface area contributed by atoms with E-state index < -0.39 is 0 Å². The number of carbonyl (C=O) groups is 1. The SMILES string of the molecule is CNCC1CCCN(C(=O)CC(C)c2ccccc2C)C1.Cl. The minimum atomic E-state index is 0. The third kappa shape index (κ3) is 4.99. The Morgan fingerprint density at radius 1 is 1.41 bits per heavy atom. The molecule has 0 saturated carbocycles. The molecule has 0 aliphatic carbocycles. The lowest BCUT2D eigenvalue weighted by atomic mass is 9.92. The van der Waals surface area contributed by atoms with Crippen LogP contribution < -0.4 is 5.32 Å². The number of likely N-dealkylation sites (tertiary alicyclic amines) is 1. The lowest BCUT2D eigenvalue weighted by Gasteiger charge is -2.33. The largest absolute Gasteiger partial charge is 0.342 e. The molecule has 1 heterocycles. The van der Waals surface area contributed by atoms with Crippen molar-refractivity contribution in [3.8, 4) is 0 Å². The van der Waals surface area contributed by atoms with E-state index in [-0.39, 0.29) is 12.4 Å². The number of aryl methyl sites for hydroxylation is 1. The highest BCUT2D eigenvalue weighted by Gasteiger charge is 2.24. The summed E-state index contributed by atoms with van der Waals surface area (Å²) in [5.74, 6) is 1.22. The summed E-state index contributed by atoms with van der Waals surface area (Å²) in [5, 5.41) is 3.23. The summed E-state index contributed by atoms with van der Waals surface area (Å²) in [6.07, 6.45) is 2.99. The second kappa shape index (κ2) is 9.16. The number of benzene rings is 1. The molecule has 1 amide bonds. The van der Waals surface area contributed by atoms with Gasteiger partial charge in [-0.25, -0.2) is 0 Å². The second-order valence-corrected chi connectivity index (χ2v) is 6.37. The molecule has 1 fully saturated rings. The number of nitrogens with one attached hydrogen (secondary N) is 1. The van der Waals surface area contributed by atoms with E-state index in [4.69, 9.17) is 0 Å². The quantitative estimate of drug-likeness (QED) is 0.900. The van der Waals surface area contributed by atoms with Crippen LogP contribution in [0.4, 0.5) is 0 Å². The van der Waals surface area contributed by atoms with Gasteiger partial charge in [0, 0.05) is 19.5 Å². The molecule has 1 aliphatic heterocycles. The third-order valence-electron chi connectivity index (χ3n) is 4.56. The van der Waals surface area contributed by atoms with Crippen LogP contribution in [0.25, 0.3) is 0 Å². The van der Waals surface area contributed by atoms with Crippen LogP contribution in [0.3, 0.4) is 0 Å². The number of nitrogens with zero attached hydrogens (tertiary/aromatic N) is 1. The predicted molar refractivity (Wildman–Crippen MR) is 94.7 cm³/mol. The van der Waals surface area contributed by atoms with Gasteiger partial charge in [-0.2, -0.15) is 0 Å². The minimum absolute atomic E-state index is 0. The Morgan fingerprint density at radius 2 is 2.14 bits per heavy atom. The Labute approximate surface area is 140 Å². The molecule has 1 N–H and O–H groups in total. The van der Waals surface area contributed by atoms with E-state index in [1.54, 1.807) is 0 Å². The first kappa shape index (κ1) is 19.0. The van der Waals surface area contributed by atoms with Gasteiger partial charge in [-0.1, -0.05) is 31.2 Å². The standard InChI is InChI=1S/C18H28N2O.ClH/c1-14-7-4-5-9-17(14)15(2)11-18(21)20-10-6-8-16(13-20)12-19-3;/h4-5,7,9,15-16,19H,6,8,10-13H2,1-3H3;1H. The average molecular weight is 325 g/mol. The van der Waals surface area contributed by atoms with Crippen LogP contribution in [-0.2, 0) is 4.79 Å². The minimum Gasteiger partial charge on any atom is -0.342 e. The Balaban J connectivity index is 0.00000242. The van der Waals surface area contributed by atoms with E-state index >= 15 is 0 Å².